The van der Waals surface area contributed by atoms with Crippen molar-refractivity contribution in [1.29, 1.82) is 0 Å². The van der Waals surface area contributed by atoms with Crippen molar-refractivity contribution in [2.24, 2.45) is 0 Å². The lowest BCUT2D eigenvalue weighted by Crippen LogP contribution is -2.12. The number of anilines is 1. The van der Waals surface area contributed by atoms with E-state index >= 15 is 0 Å². The van der Waals surface area contributed by atoms with Crippen LogP contribution < -0.4 is 5.32 Å². The number of fused-ring (bicyclic) bond motifs is 1. The molecule has 0 bridgehead atoms. The van der Waals surface area contributed by atoms with Gasteiger partial charge in [0.1, 0.15) is 5.69 Å². The van der Waals surface area contributed by atoms with Crippen LogP contribution in [0.15, 0.2) is 30.6 Å². The predicted octanol–water partition coefficient (Wildman–Crippen LogP) is 3.09. The molecule has 1 N–H and O–H groups in total. The van der Waals surface area contributed by atoms with Crippen molar-refractivity contribution in [3.05, 3.63) is 58.9 Å². The molecular formula is C16H16F2N2O. The second-order valence-electron chi connectivity index (χ2n) is 5.06. The summed E-state index contributed by atoms with van der Waals surface area (Å²) < 4.78 is 32.2. The third-order valence-corrected chi connectivity index (χ3v) is 3.61. The maximum absolute atomic E-state index is 13.4. The van der Waals surface area contributed by atoms with Gasteiger partial charge in [-0.05, 0) is 29.5 Å². The largest absolute Gasteiger partial charge is 0.380 e. The fourth-order valence-corrected chi connectivity index (χ4v) is 2.48. The van der Waals surface area contributed by atoms with Gasteiger partial charge < -0.3 is 10.1 Å². The van der Waals surface area contributed by atoms with Gasteiger partial charge in [-0.1, -0.05) is 18.2 Å². The van der Waals surface area contributed by atoms with Crippen LogP contribution >= 0.6 is 0 Å². The summed E-state index contributed by atoms with van der Waals surface area (Å²) in [5.74, 6) is -1.34. The summed E-state index contributed by atoms with van der Waals surface area (Å²) in [5.41, 5.74) is 3.57. The lowest BCUT2D eigenvalue weighted by Gasteiger charge is -2.17. The van der Waals surface area contributed by atoms with E-state index in [1.54, 1.807) is 0 Å². The quantitative estimate of drug-likeness (QED) is 0.939. The zero-order valence-electron chi connectivity index (χ0n) is 11.5. The monoisotopic (exact) mass is 290 g/mol. The standard InChI is InChI=1S/C16H16F2N2O/c17-14-8-19-9-15(18)16(14)20-5-3-11-1-2-13-10-21-6-4-12(13)7-11/h1-2,7-9H,3-6,10H2,(H,19,20). The summed E-state index contributed by atoms with van der Waals surface area (Å²) in [5, 5.41) is 2.80. The van der Waals surface area contributed by atoms with Gasteiger partial charge in [-0.3, -0.25) is 4.98 Å². The molecule has 1 aliphatic rings. The maximum Gasteiger partial charge on any atom is 0.167 e. The fraction of sp³-hybridized carbons (Fsp3) is 0.312. The molecule has 0 unspecified atom stereocenters. The Hall–Kier alpha value is -2.01. The first-order chi connectivity index (χ1) is 10.2. The van der Waals surface area contributed by atoms with Gasteiger partial charge in [0.25, 0.3) is 0 Å². The minimum Gasteiger partial charge on any atom is -0.380 e. The molecule has 0 aliphatic carbocycles. The lowest BCUT2D eigenvalue weighted by atomic mass is 9.99. The van der Waals surface area contributed by atoms with Gasteiger partial charge in [-0.2, -0.15) is 0 Å². The second-order valence-corrected chi connectivity index (χ2v) is 5.06. The SMILES string of the molecule is Fc1cncc(F)c1NCCc1ccc2c(c1)CCOC2. The first-order valence-corrected chi connectivity index (χ1v) is 6.95. The van der Waals surface area contributed by atoms with Gasteiger partial charge in [0.05, 0.1) is 25.6 Å². The Morgan fingerprint density at radius 2 is 1.95 bits per heavy atom. The van der Waals surface area contributed by atoms with Gasteiger partial charge >= 0.3 is 0 Å². The molecule has 2 aromatic rings. The lowest BCUT2D eigenvalue weighted by molar-refractivity contribution is 0.110. The van der Waals surface area contributed by atoms with Crippen molar-refractivity contribution in [1.82, 2.24) is 4.98 Å². The molecule has 1 aromatic heterocycles. The highest BCUT2D eigenvalue weighted by Gasteiger charge is 2.11. The van der Waals surface area contributed by atoms with Crippen LogP contribution in [0, 0.1) is 11.6 Å². The first-order valence-electron chi connectivity index (χ1n) is 6.95. The minimum absolute atomic E-state index is 0.114. The van der Waals surface area contributed by atoms with Crippen LogP contribution in [0.4, 0.5) is 14.5 Å². The van der Waals surface area contributed by atoms with Crippen LogP contribution in [-0.4, -0.2) is 18.1 Å². The zero-order valence-corrected chi connectivity index (χ0v) is 11.5. The van der Waals surface area contributed by atoms with Gasteiger partial charge in [-0.15, -0.1) is 0 Å². The Morgan fingerprint density at radius 3 is 2.76 bits per heavy atom. The van der Waals surface area contributed by atoms with Crippen LogP contribution in [0.25, 0.3) is 0 Å². The van der Waals surface area contributed by atoms with Crippen molar-refractivity contribution in [2.45, 2.75) is 19.4 Å². The van der Waals surface area contributed by atoms with E-state index in [4.69, 9.17) is 4.74 Å². The number of rotatable bonds is 4. The Labute approximate surface area is 122 Å². The summed E-state index contributed by atoms with van der Waals surface area (Å²) in [6.45, 7) is 1.89. The molecule has 110 valence electrons. The van der Waals surface area contributed by atoms with Crippen molar-refractivity contribution >= 4 is 5.69 Å². The third kappa shape index (κ3) is 3.19. The van der Waals surface area contributed by atoms with Gasteiger partial charge in [0.15, 0.2) is 11.6 Å². The number of nitrogens with zero attached hydrogens (tertiary/aromatic N) is 1. The molecule has 21 heavy (non-hydrogen) atoms. The topological polar surface area (TPSA) is 34.2 Å². The Morgan fingerprint density at radius 1 is 1.14 bits per heavy atom. The van der Waals surface area contributed by atoms with E-state index < -0.39 is 11.6 Å². The van der Waals surface area contributed by atoms with Crippen molar-refractivity contribution in [3.8, 4) is 0 Å². The fourth-order valence-electron chi connectivity index (χ4n) is 2.48. The number of benzene rings is 1. The average Bonchev–Trinajstić information content (AvgIpc) is 2.50. The van der Waals surface area contributed by atoms with E-state index in [2.05, 4.69) is 22.4 Å². The summed E-state index contributed by atoms with van der Waals surface area (Å²) >= 11 is 0. The van der Waals surface area contributed by atoms with E-state index in [9.17, 15) is 8.78 Å². The molecule has 0 amide bonds. The molecule has 0 fully saturated rings. The number of hydrogen-bond acceptors (Lipinski definition) is 3. The second kappa shape index (κ2) is 6.18. The number of ether oxygens (including phenoxy) is 1. The average molecular weight is 290 g/mol. The molecule has 3 nitrogen and oxygen atoms in total. The number of pyridine rings is 1. The van der Waals surface area contributed by atoms with Crippen LogP contribution in [-0.2, 0) is 24.2 Å². The summed E-state index contributed by atoms with van der Waals surface area (Å²) in [4.78, 5) is 3.46. The molecule has 2 heterocycles. The number of nitrogens with one attached hydrogen (secondary N) is 1. The first kappa shape index (κ1) is 13.9. The van der Waals surface area contributed by atoms with Crippen LogP contribution in [0.2, 0.25) is 0 Å². The van der Waals surface area contributed by atoms with Crippen LogP contribution in [0.1, 0.15) is 16.7 Å². The highest BCUT2D eigenvalue weighted by molar-refractivity contribution is 5.44. The Balaban J connectivity index is 1.63. The van der Waals surface area contributed by atoms with Crippen molar-refractivity contribution in [2.75, 3.05) is 18.5 Å². The number of hydrogen-bond donors (Lipinski definition) is 1. The normalized spacial score (nSPS) is 13.8. The van der Waals surface area contributed by atoms with Gasteiger partial charge in [-0.25, -0.2) is 8.78 Å². The molecule has 0 spiro atoms. The van der Waals surface area contributed by atoms with E-state index in [0.29, 0.717) is 19.6 Å². The summed E-state index contributed by atoms with van der Waals surface area (Å²) in [6.07, 6.45) is 3.63. The molecule has 0 saturated carbocycles. The molecule has 0 atom stereocenters. The van der Waals surface area contributed by atoms with Gasteiger partial charge in [0, 0.05) is 6.54 Å². The number of halogens is 2. The predicted molar refractivity (Wildman–Crippen MR) is 76.1 cm³/mol. The maximum atomic E-state index is 13.4. The van der Waals surface area contributed by atoms with Crippen LogP contribution in [0.5, 0.6) is 0 Å². The molecular weight excluding hydrogens is 274 g/mol. The van der Waals surface area contributed by atoms with E-state index in [-0.39, 0.29) is 5.69 Å². The Kier molecular flexibility index (Phi) is 4.10. The molecule has 0 radical (unpaired) electrons. The number of aromatic nitrogens is 1. The molecule has 0 saturated heterocycles. The summed E-state index contributed by atoms with van der Waals surface area (Å²) in [7, 11) is 0. The van der Waals surface area contributed by atoms with Crippen molar-refractivity contribution < 1.29 is 13.5 Å². The minimum atomic E-state index is -0.669. The molecule has 5 heteroatoms. The molecule has 1 aromatic carbocycles. The zero-order chi connectivity index (χ0) is 14.7. The summed E-state index contributed by atoms with van der Waals surface area (Å²) in [6, 6.07) is 6.25. The van der Waals surface area contributed by atoms with E-state index in [0.717, 1.165) is 31.0 Å². The Bertz CT molecular complexity index is 626. The van der Waals surface area contributed by atoms with Gasteiger partial charge in [0.2, 0.25) is 0 Å². The highest BCUT2D eigenvalue weighted by atomic mass is 19.1. The van der Waals surface area contributed by atoms with E-state index in [1.807, 2.05) is 6.07 Å². The van der Waals surface area contributed by atoms with Crippen LogP contribution in [0.3, 0.4) is 0 Å². The molecule has 1 aliphatic heterocycles. The third-order valence-electron chi connectivity index (χ3n) is 3.61. The highest BCUT2D eigenvalue weighted by Crippen LogP contribution is 2.19. The van der Waals surface area contributed by atoms with Crippen molar-refractivity contribution in [3.63, 3.8) is 0 Å². The smallest absolute Gasteiger partial charge is 0.167 e. The van der Waals surface area contributed by atoms with E-state index in [1.165, 1.54) is 11.1 Å². The molecule has 3 rings (SSSR count).